The van der Waals surface area contributed by atoms with E-state index < -0.39 is 0 Å². The van der Waals surface area contributed by atoms with Crippen LogP contribution in [0.5, 0.6) is 0 Å². The summed E-state index contributed by atoms with van der Waals surface area (Å²) in [6.07, 6.45) is 1.04. The summed E-state index contributed by atoms with van der Waals surface area (Å²) in [4.78, 5) is 0. The summed E-state index contributed by atoms with van der Waals surface area (Å²) >= 11 is 0. The number of hydrogen-bond acceptors (Lipinski definition) is 0. The molecule has 0 fully saturated rings. The summed E-state index contributed by atoms with van der Waals surface area (Å²) < 4.78 is 0. The highest BCUT2D eigenvalue weighted by Gasteiger charge is 2.15. The van der Waals surface area contributed by atoms with Crippen molar-refractivity contribution in [3.63, 3.8) is 0 Å². The SMILES string of the molecule is CC(C)c1ccccc1Cc1cccc(C(C)C)c1C(C)C. The molecule has 118 valence electrons. The molecule has 0 heterocycles. The lowest BCUT2D eigenvalue weighted by atomic mass is 9.83. The molecule has 0 radical (unpaired) electrons. The predicted molar refractivity (Wildman–Crippen MR) is 98.0 cm³/mol. The molecule has 22 heavy (non-hydrogen) atoms. The van der Waals surface area contributed by atoms with Crippen molar-refractivity contribution in [1.82, 2.24) is 0 Å². The van der Waals surface area contributed by atoms with Crippen molar-refractivity contribution in [2.24, 2.45) is 0 Å². The summed E-state index contributed by atoms with van der Waals surface area (Å²) in [5.74, 6) is 1.73. The fourth-order valence-corrected chi connectivity index (χ4v) is 3.46. The molecule has 0 bridgehead atoms. The molecule has 0 unspecified atom stereocenters. The van der Waals surface area contributed by atoms with Gasteiger partial charge in [0.05, 0.1) is 0 Å². The van der Waals surface area contributed by atoms with Crippen LogP contribution in [0.2, 0.25) is 0 Å². The molecular formula is C22H30. The Kier molecular flexibility index (Phi) is 5.45. The lowest BCUT2D eigenvalue weighted by Crippen LogP contribution is -2.06. The molecule has 0 spiro atoms. The van der Waals surface area contributed by atoms with Crippen molar-refractivity contribution in [2.75, 3.05) is 0 Å². The highest BCUT2D eigenvalue weighted by Crippen LogP contribution is 2.32. The molecule has 0 aromatic heterocycles. The van der Waals surface area contributed by atoms with Gasteiger partial charge in [0.25, 0.3) is 0 Å². The minimum atomic E-state index is 0.569. The van der Waals surface area contributed by atoms with Gasteiger partial charge in [-0.1, -0.05) is 84.0 Å². The standard InChI is InChI=1S/C22H30/c1-15(2)20-12-8-7-10-18(20)14-19-11-9-13-21(16(3)4)22(19)17(5)6/h7-13,15-17H,14H2,1-6H3. The lowest BCUT2D eigenvalue weighted by Gasteiger charge is -2.21. The molecule has 0 amide bonds. The van der Waals surface area contributed by atoms with E-state index in [2.05, 4.69) is 84.0 Å². The first-order chi connectivity index (χ1) is 10.4. The van der Waals surface area contributed by atoms with Gasteiger partial charge < -0.3 is 0 Å². The monoisotopic (exact) mass is 294 g/mol. The van der Waals surface area contributed by atoms with Gasteiger partial charge in [0.1, 0.15) is 0 Å². The molecule has 0 N–H and O–H groups in total. The van der Waals surface area contributed by atoms with Gasteiger partial charge in [-0.2, -0.15) is 0 Å². The predicted octanol–water partition coefficient (Wildman–Crippen LogP) is 6.65. The number of benzene rings is 2. The lowest BCUT2D eigenvalue weighted by molar-refractivity contribution is 0.776. The number of hydrogen-bond donors (Lipinski definition) is 0. The maximum Gasteiger partial charge on any atom is -0.00200 e. The first kappa shape index (κ1) is 16.8. The fourth-order valence-electron chi connectivity index (χ4n) is 3.46. The smallest absolute Gasteiger partial charge is 0.00200 e. The van der Waals surface area contributed by atoms with E-state index in [9.17, 15) is 0 Å². The quantitative estimate of drug-likeness (QED) is 0.579. The van der Waals surface area contributed by atoms with Crippen LogP contribution in [0.1, 0.15) is 87.1 Å². The average molecular weight is 294 g/mol. The highest BCUT2D eigenvalue weighted by molar-refractivity contribution is 5.43. The maximum atomic E-state index is 2.32. The Morgan fingerprint density at radius 2 is 1.14 bits per heavy atom. The third-order valence-electron chi connectivity index (χ3n) is 4.49. The molecular weight excluding hydrogens is 264 g/mol. The Morgan fingerprint density at radius 1 is 0.591 bits per heavy atom. The largest absolute Gasteiger partial charge is 0.0620 e. The van der Waals surface area contributed by atoms with Crippen LogP contribution in [0.25, 0.3) is 0 Å². The normalized spacial score (nSPS) is 11.7. The van der Waals surface area contributed by atoms with E-state index in [1.165, 1.54) is 22.3 Å². The fraction of sp³-hybridized carbons (Fsp3) is 0.455. The van der Waals surface area contributed by atoms with Gasteiger partial charge in [-0.25, -0.2) is 0 Å². The third-order valence-corrected chi connectivity index (χ3v) is 4.49. The van der Waals surface area contributed by atoms with Crippen molar-refractivity contribution in [3.8, 4) is 0 Å². The van der Waals surface area contributed by atoms with Crippen LogP contribution in [0.15, 0.2) is 42.5 Å². The van der Waals surface area contributed by atoms with Gasteiger partial charge >= 0.3 is 0 Å². The molecule has 0 atom stereocenters. The van der Waals surface area contributed by atoms with Crippen LogP contribution in [-0.2, 0) is 6.42 Å². The first-order valence-corrected chi connectivity index (χ1v) is 8.61. The molecule has 2 rings (SSSR count). The maximum absolute atomic E-state index is 2.32. The van der Waals surface area contributed by atoms with E-state index in [-0.39, 0.29) is 0 Å². The Morgan fingerprint density at radius 3 is 1.73 bits per heavy atom. The van der Waals surface area contributed by atoms with Crippen LogP contribution in [0, 0.1) is 0 Å². The summed E-state index contributed by atoms with van der Waals surface area (Å²) in [5, 5.41) is 0. The van der Waals surface area contributed by atoms with Crippen molar-refractivity contribution >= 4 is 0 Å². The van der Waals surface area contributed by atoms with Crippen LogP contribution >= 0.6 is 0 Å². The second-order valence-corrected chi connectivity index (χ2v) is 7.26. The Balaban J connectivity index is 2.49. The molecule has 0 aliphatic carbocycles. The molecule has 0 aliphatic rings. The van der Waals surface area contributed by atoms with Crippen LogP contribution in [-0.4, -0.2) is 0 Å². The second-order valence-electron chi connectivity index (χ2n) is 7.26. The first-order valence-electron chi connectivity index (χ1n) is 8.61. The van der Waals surface area contributed by atoms with Gasteiger partial charge in [0.2, 0.25) is 0 Å². The minimum Gasteiger partial charge on any atom is -0.0620 e. The van der Waals surface area contributed by atoms with Crippen molar-refractivity contribution < 1.29 is 0 Å². The van der Waals surface area contributed by atoms with Gasteiger partial charge in [0, 0.05) is 0 Å². The molecule has 0 nitrogen and oxygen atoms in total. The van der Waals surface area contributed by atoms with Gasteiger partial charge in [-0.15, -0.1) is 0 Å². The van der Waals surface area contributed by atoms with E-state index in [0.717, 1.165) is 6.42 Å². The average Bonchev–Trinajstić information content (AvgIpc) is 2.47. The van der Waals surface area contributed by atoms with E-state index >= 15 is 0 Å². The van der Waals surface area contributed by atoms with Gasteiger partial charge in [-0.3, -0.25) is 0 Å². The zero-order valence-corrected chi connectivity index (χ0v) is 15.0. The van der Waals surface area contributed by atoms with E-state index in [4.69, 9.17) is 0 Å². The van der Waals surface area contributed by atoms with Crippen molar-refractivity contribution in [2.45, 2.75) is 65.7 Å². The molecule has 0 aliphatic heterocycles. The summed E-state index contributed by atoms with van der Waals surface area (Å²) in [5.41, 5.74) is 7.51. The minimum absolute atomic E-state index is 0.569. The topological polar surface area (TPSA) is 0 Å². The van der Waals surface area contributed by atoms with Crippen LogP contribution < -0.4 is 0 Å². The molecule has 0 saturated heterocycles. The highest BCUT2D eigenvalue weighted by atomic mass is 14.2. The Bertz CT molecular complexity index is 618. The molecule has 0 saturated carbocycles. The Labute approximate surface area is 136 Å². The zero-order chi connectivity index (χ0) is 16.3. The van der Waals surface area contributed by atoms with Crippen molar-refractivity contribution in [3.05, 3.63) is 70.3 Å². The summed E-state index contributed by atoms with van der Waals surface area (Å²) in [7, 11) is 0. The summed E-state index contributed by atoms with van der Waals surface area (Å²) in [6, 6.07) is 15.8. The second kappa shape index (κ2) is 7.13. The summed E-state index contributed by atoms with van der Waals surface area (Å²) in [6.45, 7) is 13.8. The molecule has 2 aromatic rings. The zero-order valence-electron chi connectivity index (χ0n) is 15.0. The van der Waals surface area contributed by atoms with Crippen LogP contribution in [0.4, 0.5) is 0 Å². The third kappa shape index (κ3) is 3.61. The molecule has 2 aromatic carbocycles. The molecule has 0 heteroatoms. The van der Waals surface area contributed by atoms with Gasteiger partial charge in [-0.05, 0) is 52.0 Å². The van der Waals surface area contributed by atoms with E-state index in [1.54, 1.807) is 5.56 Å². The van der Waals surface area contributed by atoms with E-state index in [0.29, 0.717) is 17.8 Å². The Hall–Kier alpha value is -1.56. The van der Waals surface area contributed by atoms with E-state index in [1.807, 2.05) is 0 Å². The van der Waals surface area contributed by atoms with Crippen LogP contribution in [0.3, 0.4) is 0 Å². The number of rotatable bonds is 5. The van der Waals surface area contributed by atoms with Crippen molar-refractivity contribution in [1.29, 1.82) is 0 Å². The van der Waals surface area contributed by atoms with Gasteiger partial charge in [0.15, 0.2) is 0 Å².